The molecule has 60 heavy (non-hydrogen) atoms. The maximum absolute atomic E-state index is 5.36. The Kier molecular flexibility index (Phi) is 10.1. The Morgan fingerprint density at radius 1 is 0.417 bits per heavy atom. The minimum absolute atomic E-state index is 0.0630. The molecule has 3 nitrogen and oxygen atoms in total. The number of nitrogens with zero attached hydrogens (tertiary/aromatic N) is 3. The Hall–Kier alpha value is -7.49. The minimum atomic E-state index is -0.0630. The summed E-state index contributed by atoms with van der Waals surface area (Å²) in [4.78, 5) is 15.8. The summed E-state index contributed by atoms with van der Waals surface area (Å²) in [6.45, 7) is 2.25. The highest BCUT2D eigenvalue weighted by atomic mass is 15.0. The Morgan fingerprint density at radius 3 is 1.57 bits per heavy atom. The molecule has 1 aromatic heterocycles. The average molecular weight is 770 g/mol. The number of fused-ring (bicyclic) bond motifs is 1. The van der Waals surface area contributed by atoms with E-state index >= 15 is 0 Å². The SMILES string of the molecule is CCC1C(c2ccccc2)=NC(c2ccccc2)=NC1c1ccc(-c2ccc3ccccc3c2-c2ccc(-c3cc(-c4ccccc4)cc(-c4ccccc4)n3)cc2)cc1. The summed E-state index contributed by atoms with van der Waals surface area (Å²) >= 11 is 0. The van der Waals surface area contributed by atoms with Crippen LogP contribution in [0.1, 0.15) is 36.1 Å². The molecule has 0 fully saturated rings. The first-order chi connectivity index (χ1) is 29.7. The molecule has 1 aliphatic heterocycles. The fourth-order valence-electron chi connectivity index (χ4n) is 8.66. The summed E-state index contributed by atoms with van der Waals surface area (Å²) in [6, 6.07) is 77.6. The number of hydrogen-bond acceptors (Lipinski definition) is 3. The number of aliphatic imine (C=N–C) groups is 2. The minimum Gasteiger partial charge on any atom is -0.257 e. The molecule has 0 amide bonds. The van der Waals surface area contributed by atoms with Crippen LogP contribution in [0.15, 0.2) is 228 Å². The third kappa shape index (κ3) is 7.27. The molecule has 2 heterocycles. The zero-order valence-electron chi connectivity index (χ0n) is 33.5. The zero-order chi connectivity index (χ0) is 40.3. The van der Waals surface area contributed by atoms with Crippen molar-refractivity contribution in [1.29, 1.82) is 0 Å². The van der Waals surface area contributed by atoms with Gasteiger partial charge in [-0.05, 0) is 73.8 Å². The first-order valence-electron chi connectivity index (χ1n) is 20.8. The molecule has 0 aliphatic carbocycles. The Morgan fingerprint density at radius 2 is 0.933 bits per heavy atom. The molecular formula is C57H43N3. The van der Waals surface area contributed by atoms with Crippen LogP contribution < -0.4 is 0 Å². The van der Waals surface area contributed by atoms with Crippen LogP contribution in [0.4, 0.5) is 0 Å². The fraction of sp³-hybridized carbons (Fsp3) is 0.0702. The van der Waals surface area contributed by atoms with E-state index in [2.05, 4.69) is 213 Å². The van der Waals surface area contributed by atoms with Crippen molar-refractivity contribution in [2.75, 3.05) is 0 Å². The van der Waals surface area contributed by atoms with Crippen LogP contribution in [0.25, 0.3) is 66.7 Å². The topological polar surface area (TPSA) is 37.6 Å². The summed E-state index contributed by atoms with van der Waals surface area (Å²) in [7, 11) is 0. The van der Waals surface area contributed by atoms with Gasteiger partial charge in [-0.2, -0.15) is 0 Å². The fourth-order valence-corrected chi connectivity index (χ4v) is 8.66. The highest BCUT2D eigenvalue weighted by molar-refractivity contribution is 6.15. The second kappa shape index (κ2) is 16.4. The lowest BCUT2D eigenvalue weighted by Crippen LogP contribution is -2.28. The molecule has 0 saturated carbocycles. The Bertz CT molecular complexity index is 2910. The first-order valence-corrected chi connectivity index (χ1v) is 20.8. The van der Waals surface area contributed by atoms with E-state index in [1.54, 1.807) is 0 Å². The average Bonchev–Trinajstić information content (AvgIpc) is 3.34. The molecule has 0 radical (unpaired) electrons. The molecule has 0 spiro atoms. The second-order valence-corrected chi connectivity index (χ2v) is 15.4. The van der Waals surface area contributed by atoms with Crippen molar-refractivity contribution in [3.05, 3.63) is 235 Å². The van der Waals surface area contributed by atoms with Crippen LogP contribution in [-0.4, -0.2) is 16.5 Å². The van der Waals surface area contributed by atoms with Crippen LogP contribution in [0.3, 0.4) is 0 Å². The van der Waals surface area contributed by atoms with Crippen LogP contribution in [0.2, 0.25) is 0 Å². The van der Waals surface area contributed by atoms with Crippen molar-refractivity contribution in [2.24, 2.45) is 15.9 Å². The number of pyridine rings is 1. The van der Waals surface area contributed by atoms with E-state index in [4.69, 9.17) is 15.0 Å². The smallest absolute Gasteiger partial charge is 0.155 e. The Balaban J connectivity index is 1.03. The third-order valence-corrected chi connectivity index (χ3v) is 11.7. The highest BCUT2D eigenvalue weighted by Crippen LogP contribution is 2.41. The van der Waals surface area contributed by atoms with E-state index in [0.29, 0.717) is 0 Å². The third-order valence-electron chi connectivity index (χ3n) is 11.7. The van der Waals surface area contributed by atoms with Crippen LogP contribution >= 0.6 is 0 Å². The molecule has 2 unspecified atom stereocenters. The van der Waals surface area contributed by atoms with Crippen molar-refractivity contribution in [1.82, 2.24) is 4.98 Å². The van der Waals surface area contributed by atoms with Gasteiger partial charge in [-0.25, -0.2) is 9.98 Å². The van der Waals surface area contributed by atoms with E-state index in [1.807, 2.05) is 12.1 Å². The lowest BCUT2D eigenvalue weighted by molar-refractivity contribution is 0.532. The monoisotopic (exact) mass is 769 g/mol. The summed E-state index contributed by atoms with van der Waals surface area (Å²) < 4.78 is 0. The standard InChI is InChI=1S/C57H43N3/c1-2-49-55(45-22-11-5-12-23-45)59-57(47-24-13-6-14-25-47)60-56(49)46-33-27-41(28-34-46)51-36-35-40-19-15-16-26-50(40)54(51)44-31-29-43(30-32-44)53-38-48(39-17-7-3-8-18-39)37-52(58-53)42-20-9-4-10-21-42/h3-38,49,56H,2H2,1H3. The molecule has 0 bridgehead atoms. The van der Waals surface area contributed by atoms with Gasteiger partial charge in [0.05, 0.1) is 23.1 Å². The number of amidine groups is 1. The van der Waals surface area contributed by atoms with E-state index in [9.17, 15) is 0 Å². The van der Waals surface area contributed by atoms with Crippen molar-refractivity contribution in [3.8, 4) is 55.9 Å². The van der Waals surface area contributed by atoms with Gasteiger partial charge < -0.3 is 0 Å². The molecule has 1 aliphatic rings. The first kappa shape index (κ1) is 36.8. The number of aromatic nitrogens is 1. The zero-order valence-corrected chi connectivity index (χ0v) is 33.5. The highest BCUT2D eigenvalue weighted by Gasteiger charge is 2.31. The molecular weight excluding hydrogens is 727 g/mol. The molecule has 0 N–H and O–H groups in total. The Labute approximate surface area is 352 Å². The molecule has 286 valence electrons. The van der Waals surface area contributed by atoms with Gasteiger partial charge in [0.15, 0.2) is 5.84 Å². The van der Waals surface area contributed by atoms with Crippen molar-refractivity contribution in [2.45, 2.75) is 19.4 Å². The van der Waals surface area contributed by atoms with Gasteiger partial charge in [0.1, 0.15) is 0 Å². The number of benzene rings is 8. The van der Waals surface area contributed by atoms with Crippen molar-refractivity contribution >= 4 is 22.3 Å². The molecule has 3 heteroatoms. The second-order valence-electron chi connectivity index (χ2n) is 15.4. The molecule has 2 atom stereocenters. The molecule has 10 rings (SSSR count). The van der Waals surface area contributed by atoms with Crippen molar-refractivity contribution in [3.63, 3.8) is 0 Å². The lowest BCUT2D eigenvalue weighted by Gasteiger charge is -2.30. The van der Waals surface area contributed by atoms with Crippen LogP contribution in [-0.2, 0) is 0 Å². The van der Waals surface area contributed by atoms with Gasteiger partial charge >= 0.3 is 0 Å². The van der Waals surface area contributed by atoms with E-state index in [0.717, 1.165) is 62.7 Å². The molecule has 9 aromatic rings. The summed E-state index contributed by atoms with van der Waals surface area (Å²) in [5.41, 5.74) is 15.6. The van der Waals surface area contributed by atoms with Crippen LogP contribution in [0.5, 0.6) is 0 Å². The van der Waals surface area contributed by atoms with Gasteiger partial charge in [-0.1, -0.05) is 213 Å². The quantitative estimate of drug-likeness (QED) is 0.144. The van der Waals surface area contributed by atoms with E-state index in [1.165, 1.54) is 38.6 Å². The van der Waals surface area contributed by atoms with Gasteiger partial charge in [0.25, 0.3) is 0 Å². The number of rotatable bonds is 9. The maximum Gasteiger partial charge on any atom is 0.155 e. The normalized spacial score (nSPS) is 15.0. The summed E-state index contributed by atoms with van der Waals surface area (Å²) in [6.07, 6.45) is 0.927. The predicted molar refractivity (Wildman–Crippen MR) is 251 cm³/mol. The molecule has 8 aromatic carbocycles. The van der Waals surface area contributed by atoms with Gasteiger partial charge in [-0.3, -0.25) is 4.99 Å². The summed E-state index contributed by atoms with van der Waals surface area (Å²) in [5, 5.41) is 2.44. The largest absolute Gasteiger partial charge is 0.257 e. The summed E-state index contributed by atoms with van der Waals surface area (Å²) in [5.74, 6) is 0.930. The van der Waals surface area contributed by atoms with Gasteiger partial charge in [0, 0.05) is 22.6 Å². The maximum atomic E-state index is 5.36. The van der Waals surface area contributed by atoms with Gasteiger partial charge in [0.2, 0.25) is 0 Å². The number of hydrogen-bond donors (Lipinski definition) is 0. The predicted octanol–water partition coefficient (Wildman–Crippen LogP) is 14.6. The van der Waals surface area contributed by atoms with Crippen molar-refractivity contribution < 1.29 is 0 Å². The lowest BCUT2D eigenvalue weighted by atomic mass is 9.82. The molecule has 0 saturated heterocycles. The van der Waals surface area contributed by atoms with E-state index in [-0.39, 0.29) is 12.0 Å². The van der Waals surface area contributed by atoms with Crippen LogP contribution in [0, 0.1) is 5.92 Å². The van der Waals surface area contributed by atoms with E-state index < -0.39 is 0 Å². The van der Waals surface area contributed by atoms with Gasteiger partial charge in [-0.15, -0.1) is 0 Å².